The minimum absolute atomic E-state index is 0.299. The van der Waals surface area contributed by atoms with Gasteiger partial charge in [-0.25, -0.2) is 0 Å². The first-order chi connectivity index (χ1) is 9.24. The Hall–Kier alpha value is -2.34. The van der Waals surface area contributed by atoms with Crippen LogP contribution in [0.1, 0.15) is 16.1 Å². The number of carbonyl (C=O) groups excluding carboxylic acids is 1. The monoisotopic (exact) mass is 273 g/mol. The van der Waals surface area contributed by atoms with Crippen molar-refractivity contribution in [3.05, 3.63) is 47.2 Å². The van der Waals surface area contributed by atoms with Crippen molar-refractivity contribution >= 4 is 23.1 Å². The molecule has 0 aliphatic heterocycles. The highest BCUT2D eigenvalue weighted by Gasteiger charge is 2.14. The number of aromatic amines is 1. The first-order valence-corrected chi connectivity index (χ1v) is 6.57. The Morgan fingerprint density at radius 1 is 1.47 bits per heavy atom. The largest absolute Gasteiger partial charge is 0.459 e. The first-order valence-electron chi connectivity index (χ1n) is 5.69. The van der Waals surface area contributed by atoms with Gasteiger partial charge in [0, 0.05) is 11.6 Å². The van der Waals surface area contributed by atoms with Crippen LogP contribution in [0.3, 0.4) is 0 Å². The van der Waals surface area contributed by atoms with E-state index in [4.69, 9.17) is 4.42 Å². The van der Waals surface area contributed by atoms with Gasteiger partial charge in [0.1, 0.15) is 0 Å². The maximum Gasteiger partial charge on any atom is 0.292 e. The van der Waals surface area contributed by atoms with E-state index in [-0.39, 0.29) is 5.91 Å². The number of hydrogen-bond donors (Lipinski definition) is 2. The van der Waals surface area contributed by atoms with Crippen LogP contribution in [-0.4, -0.2) is 16.1 Å². The molecule has 96 valence electrons. The molecule has 3 aromatic rings. The molecule has 0 aliphatic rings. The van der Waals surface area contributed by atoms with Crippen LogP contribution < -0.4 is 5.32 Å². The van der Waals surface area contributed by atoms with Crippen molar-refractivity contribution in [2.45, 2.75) is 6.92 Å². The Kier molecular flexibility index (Phi) is 2.92. The number of thiophene rings is 1. The second-order valence-electron chi connectivity index (χ2n) is 4.03. The van der Waals surface area contributed by atoms with Crippen LogP contribution in [0.15, 0.2) is 40.3 Å². The summed E-state index contributed by atoms with van der Waals surface area (Å²) in [6.45, 7) is 1.82. The smallest absolute Gasteiger partial charge is 0.292 e. The molecule has 3 aromatic heterocycles. The van der Waals surface area contributed by atoms with Gasteiger partial charge in [-0.15, -0.1) is 11.3 Å². The van der Waals surface area contributed by atoms with Crippen molar-refractivity contribution in [3.63, 3.8) is 0 Å². The molecule has 0 aliphatic carbocycles. The summed E-state index contributed by atoms with van der Waals surface area (Å²) in [5.74, 6) is 0.483. The zero-order valence-electron chi connectivity index (χ0n) is 10.1. The molecule has 0 fully saturated rings. The highest BCUT2D eigenvalue weighted by atomic mass is 32.1. The van der Waals surface area contributed by atoms with E-state index in [1.165, 1.54) is 6.26 Å². The van der Waals surface area contributed by atoms with Crippen LogP contribution in [0.4, 0.5) is 5.82 Å². The van der Waals surface area contributed by atoms with E-state index in [9.17, 15) is 4.79 Å². The summed E-state index contributed by atoms with van der Waals surface area (Å²) in [5, 5.41) is 11.6. The summed E-state index contributed by atoms with van der Waals surface area (Å²) < 4.78 is 5.13. The summed E-state index contributed by atoms with van der Waals surface area (Å²) >= 11 is 1.61. The number of H-pyrrole nitrogens is 1. The molecule has 0 saturated carbocycles. The zero-order chi connectivity index (χ0) is 13.2. The van der Waals surface area contributed by atoms with E-state index in [2.05, 4.69) is 15.5 Å². The summed E-state index contributed by atoms with van der Waals surface area (Å²) in [6, 6.07) is 7.49. The van der Waals surface area contributed by atoms with Gasteiger partial charge in [0.2, 0.25) is 0 Å². The lowest BCUT2D eigenvalue weighted by Crippen LogP contribution is -2.12. The fraction of sp³-hybridized carbons (Fsp3) is 0.0769. The molecule has 0 spiro atoms. The predicted octanol–water partition coefficient (Wildman–Crippen LogP) is 3.29. The third-order valence-corrected chi connectivity index (χ3v) is 3.58. The number of amides is 1. The molecule has 5 nitrogen and oxygen atoms in total. The highest BCUT2D eigenvalue weighted by molar-refractivity contribution is 7.13. The first kappa shape index (κ1) is 11.7. The summed E-state index contributed by atoms with van der Waals surface area (Å²) in [7, 11) is 0. The van der Waals surface area contributed by atoms with Crippen molar-refractivity contribution in [2.75, 3.05) is 5.32 Å². The fourth-order valence-electron chi connectivity index (χ4n) is 1.72. The molecule has 0 saturated heterocycles. The van der Waals surface area contributed by atoms with Crippen LogP contribution in [-0.2, 0) is 0 Å². The molecule has 0 atom stereocenters. The van der Waals surface area contributed by atoms with Crippen molar-refractivity contribution in [3.8, 4) is 10.6 Å². The number of anilines is 1. The third kappa shape index (κ3) is 2.30. The number of nitrogens with one attached hydrogen (secondary N) is 2. The fourth-order valence-corrected chi connectivity index (χ4v) is 2.41. The maximum atomic E-state index is 11.9. The number of rotatable bonds is 3. The van der Waals surface area contributed by atoms with Gasteiger partial charge >= 0.3 is 0 Å². The van der Waals surface area contributed by atoms with Crippen molar-refractivity contribution < 1.29 is 9.21 Å². The Morgan fingerprint density at radius 2 is 2.37 bits per heavy atom. The van der Waals surface area contributed by atoms with Gasteiger partial charge in [-0.05, 0) is 24.4 Å². The number of furan rings is 1. The van der Waals surface area contributed by atoms with E-state index in [1.807, 2.05) is 24.4 Å². The molecule has 0 bridgehead atoms. The van der Waals surface area contributed by atoms with Crippen molar-refractivity contribution in [2.24, 2.45) is 0 Å². The average molecular weight is 273 g/mol. The van der Waals surface area contributed by atoms with Crippen molar-refractivity contribution in [1.29, 1.82) is 0 Å². The minimum atomic E-state index is -0.299. The van der Waals surface area contributed by atoms with Gasteiger partial charge in [0.15, 0.2) is 11.6 Å². The molecule has 3 rings (SSSR count). The topological polar surface area (TPSA) is 70.9 Å². The van der Waals surface area contributed by atoms with E-state index in [1.54, 1.807) is 23.5 Å². The summed E-state index contributed by atoms with van der Waals surface area (Å²) in [5.41, 5.74) is 1.67. The molecular formula is C13H11N3O2S. The Bertz CT molecular complexity index is 697. The van der Waals surface area contributed by atoms with Crippen molar-refractivity contribution in [1.82, 2.24) is 10.2 Å². The molecule has 1 amide bonds. The van der Waals surface area contributed by atoms with Crippen LogP contribution in [0.5, 0.6) is 0 Å². The Balaban J connectivity index is 1.78. The lowest BCUT2D eigenvalue weighted by atomic mass is 10.2. The number of aromatic nitrogens is 2. The second kappa shape index (κ2) is 4.74. The predicted molar refractivity (Wildman–Crippen MR) is 73.3 cm³/mol. The number of aryl methyl sites for hydroxylation is 1. The Labute approximate surface area is 113 Å². The van der Waals surface area contributed by atoms with Gasteiger partial charge in [-0.1, -0.05) is 6.07 Å². The van der Waals surface area contributed by atoms with Crippen LogP contribution in [0, 0.1) is 6.92 Å². The van der Waals surface area contributed by atoms with Gasteiger partial charge in [0.25, 0.3) is 5.91 Å². The molecule has 0 aromatic carbocycles. The normalized spacial score (nSPS) is 10.6. The van der Waals surface area contributed by atoms with E-state index in [0.29, 0.717) is 11.6 Å². The standard InChI is InChI=1S/C13H11N3O2S/c1-8-4-5-18-12(8)13(17)14-11-7-9(15-16-11)10-3-2-6-19-10/h2-7H,1H3,(H2,14,15,16,17). The van der Waals surface area contributed by atoms with Gasteiger partial charge in [-0.3, -0.25) is 9.89 Å². The summed E-state index contributed by atoms with van der Waals surface area (Å²) in [4.78, 5) is 13.0. The quantitative estimate of drug-likeness (QED) is 0.769. The van der Waals surface area contributed by atoms with E-state index < -0.39 is 0 Å². The van der Waals surface area contributed by atoms with Crippen LogP contribution in [0.25, 0.3) is 10.6 Å². The van der Waals surface area contributed by atoms with Gasteiger partial charge < -0.3 is 9.73 Å². The third-order valence-electron chi connectivity index (χ3n) is 2.67. The maximum absolute atomic E-state index is 11.9. The average Bonchev–Trinajstić information content (AvgIpc) is 3.07. The summed E-state index contributed by atoms with van der Waals surface area (Å²) in [6.07, 6.45) is 1.49. The lowest BCUT2D eigenvalue weighted by molar-refractivity contribution is 0.0995. The number of hydrogen-bond acceptors (Lipinski definition) is 4. The zero-order valence-corrected chi connectivity index (χ0v) is 11.0. The SMILES string of the molecule is Cc1ccoc1C(=O)Nc1cc(-c2cccs2)[nH]n1. The van der Waals surface area contributed by atoms with Crippen LogP contribution in [0.2, 0.25) is 0 Å². The molecule has 2 N–H and O–H groups in total. The number of nitrogens with zero attached hydrogens (tertiary/aromatic N) is 1. The molecule has 6 heteroatoms. The molecule has 0 radical (unpaired) electrons. The molecule has 0 unspecified atom stereocenters. The Morgan fingerprint density at radius 3 is 3.05 bits per heavy atom. The number of carbonyl (C=O) groups is 1. The highest BCUT2D eigenvalue weighted by Crippen LogP contribution is 2.24. The molecule has 3 heterocycles. The van der Waals surface area contributed by atoms with Gasteiger partial charge in [-0.2, -0.15) is 5.10 Å². The lowest BCUT2D eigenvalue weighted by Gasteiger charge is -1.98. The van der Waals surface area contributed by atoms with E-state index >= 15 is 0 Å². The minimum Gasteiger partial charge on any atom is -0.459 e. The second-order valence-corrected chi connectivity index (χ2v) is 4.98. The van der Waals surface area contributed by atoms with E-state index in [0.717, 1.165) is 16.1 Å². The molecule has 19 heavy (non-hydrogen) atoms. The van der Waals surface area contributed by atoms with Gasteiger partial charge in [0.05, 0.1) is 16.8 Å². The molecular weight excluding hydrogens is 262 g/mol. The van der Waals surface area contributed by atoms with Crippen LogP contribution >= 0.6 is 11.3 Å².